The molecule has 2 aromatic rings. The van der Waals surface area contributed by atoms with Gasteiger partial charge in [-0.2, -0.15) is 0 Å². The maximum Gasteiger partial charge on any atom is 0.351 e. The van der Waals surface area contributed by atoms with Crippen molar-refractivity contribution in [2.75, 3.05) is 0 Å². The van der Waals surface area contributed by atoms with Gasteiger partial charge in [-0.05, 0) is 78.0 Å². The number of rotatable bonds is 5. The van der Waals surface area contributed by atoms with E-state index in [0.717, 1.165) is 0 Å². The highest BCUT2D eigenvalue weighted by atomic mass is 16.7. The highest BCUT2D eigenvalue weighted by Gasteiger charge is 2.78. The summed E-state index contributed by atoms with van der Waals surface area (Å²) in [4.78, 5) is 68.1. The summed E-state index contributed by atoms with van der Waals surface area (Å²) in [6, 6.07) is 3.31. The second kappa shape index (κ2) is 9.40. The summed E-state index contributed by atoms with van der Waals surface area (Å²) in [6.07, 6.45) is -1.49. The first kappa shape index (κ1) is 32.6. The standard InChI is InChI=1S/C36H42O12/c1-17-18-10-11-20-21(22(18)43-25(38)19(17)16-37)23(44-28(41)35-14-12-33(8,26(39)47-35)31(35,4)5)24(30(2,3)46-20)45-29(42)36-15-13-34(9,27(40)48-36)32(36,6)7/h10-11,23-24,37H,12-16H2,1-9H3/t23-,24-,33?,34?,35?,36?/m1/s1. The van der Waals surface area contributed by atoms with Crippen LogP contribution in [-0.4, -0.2) is 51.9 Å². The van der Waals surface area contributed by atoms with Crippen LogP contribution in [-0.2, 0) is 44.7 Å². The second-order valence-corrected chi connectivity index (χ2v) is 16.2. The first-order chi connectivity index (χ1) is 22.2. The number of ether oxygens (including phenoxy) is 5. The molecule has 0 amide bonds. The third kappa shape index (κ3) is 3.52. The van der Waals surface area contributed by atoms with Crippen LogP contribution in [0.1, 0.15) is 104 Å². The minimum Gasteiger partial charge on any atom is -0.483 e. The molecule has 3 aliphatic heterocycles. The third-order valence-corrected chi connectivity index (χ3v) is 13.5. The minimum absolute atomic E-state index is 0.0252. The summed E-state index contributed by atoms with van der Waals surface area (Å²) in [5, 5.41) is 10.3. The Morgan fingerprint density at radius 3 is 1.77 bits per heavy atom. The fourth-order valence-corrected chi connectivity index (χ4v) is 9.01. The van der Waals surface area contributed by atoms with E-state index in [0.29, 0.717) is 23.8 Å². The molecule has 12 heteroatoms. The number of fused-ring (bicyclic) bond motifs is 7. The Hall–Kier alpha value is -3.93. The summed E-state index contributed by atoms with van der Waals surface area (Å²) in [7, 11) is 0. The predicted octanol–water partition coefficient (Wildman–Crippen LogP) is 4.50. The van der Waals surface area contributed by atoms with E-state index in [1.54, 1.807) is 74.4 Å². The molecule has 1 N–H and O–H groups in total. The Labute approximate surface area is 277 Å². The zero-order valence-electron chi connectivity index (χ0n) is 28.8. The number of aliphatic hydroxyl groups excluding tert-OH is 1. The molecule has 4 heterocycles. The number of benzene rings is 1. The van der Waals surface area contributed by atoms with Crippen LogP contribution in [0.5, 0.6) is 5.75 Å². The van der Waals surface area contributed by atoms with Crippen LogP contribution in [0.2, 0.25) is 0 Å². The lowest BCUT2D eigenvalue weighted by Gasteiger charge is -2.45. The number of carbonyl (C=O) groups excluding carboxylic acids is 4. The zero-order valence-corrected chi connectivity index (χ0v) is 28.8. The first-order valence-corrected chi connectivity index (χ1v) is 16.4. The summed E-state index contributed by atoms with van der Waals surface area (Å²) >= 11 is 0. The highest BCUT2D eigenvalue weighted by molar-refractivity contribution is 5.95. The average Bonchev–Trinajstić information content (AvgIpc) is 3.46. The quantitative estimate of drug-likeness (QED) is 0.270. The molecule has 258 valence electrons. The molecule has 1 aromatic heterocycles. The Morgan fingerprint density at radius 1 is 0.792 bits per heavy atom. The number of aryl methyl sites for hydroxylation is 1. The average molecular weight is 667 g/mol. The molecule has 0 spiro atoms. The van der Waals surface area contributed by atoms with Crippen molar-refractivity contribution in [3.8, 4) is 5.75 Å². The van der Waals surface area contributed by atoms with E-state index in [-0.39, 0.29) is 35.3 Å². The van der Waals surface area contributed by atoms with Crippen LogP contribution in [0.3, 0.4) is 0 Å². The summed E-state index contributed by atoms with van der Waals surface area (Å²) < 4.78 is 36.5. The smallest absolute Gasteiger partial charge is 0.351 e. The Balaban J connectivity index is 1.39. The van der Waals surface area contributed by atoms with Gasteiger partial charge in [0.1, 0.15) is 16.9 Å². The number of aliphatic hydroxyl groups is 1. The molecular formula is C36H42O12. The van der Waals surface area contributed by atoms with Gasteiger partial charge >= 0.3 is 29.5 Å². The normalized spacial score (nSPS) is 36.3. The third-order valence-electron chi connectivity index (χ3n) is 13.5. The van der Waals surface area contributed by atoms with Crippen molar-refractivity contribution >= 4 is 34.8 Å². The molecule has 4 bridgehead atoms. The van der Waals surface area contributed by atoms with Crippen LogP contribution in [0, 0.1) is 28.6 Å². The van der Waals surface area contributed by atoms with E-state index in [2.05, 4.69) is 0 Å². The van der Waals surface area contributed by atoms with Gasteiger partial charge in [0.05, 0.1) is 28.6 Å². The van der Waals surface area contributed by atoms with Crippen molar-refractivity contribution in [2.24, 2.45) is 21.7 Å². The van der Waals surface area contributed by atoms with Gasteiger partial charge in [0.15, 0.2) is 12.2 Å². The Morgan fingerprint density at radius 2 is 1.31 bits per heavy atom. The van der Waals surface area contributed by atoms with E-state index < -0.39 is 86.8 Å². The molecule has 12 nitrogen and oxygen atoms in total. The Bertz CT molecular complexity index is 1900. The van der Waals surface area contributed by atoms with Gasteiger partial charge in [-0.15, -0.1) is 0 Å². The SMILES string of the molecule is Cc1c(CO)c(=O)oc2c3c(ccc12)OC(C)(C)[C@H](OC(=O)C12CCC(C)(C(=O)O1)C2(C)C)[C@@H]3OC(=O)C12CCC(C)(C(=O)O1)C2(C)C. The van der Waals surface area contributed by atoms with Crippen LogP contribution in [0.25, 0.3) is 11.0 Å². The van der Waals surface area contributed by atoms with Gasteiger partial charge in [0.25, 0.3) is 0 Å². The largest absolute Gasteiger partial charge is 0.483 e. The van der Waals surface area contributed by atoms with Gasteiger partial charge in [0, 0.05) is 16.2 Å². The molecule has 0 radical (unpaired) electrons. The molecule has 7 rings (SSSR count). The number of hydrogen-bond acceptors (Lipinski definition) is 12. The summed E-state index contributed by atoms with van der Waals surface area (Å²) in [5.41, 5.74) is -8.38. The van der Waals surface area contributed by atoms with Crippen molar-refractivity contribution in [3.63, 3.8) is 0 Å². The lowest BCUT2D eigenvalue weighted by molar-refractivity contribution is -0.217. The zero-order chi connectivity index (χ0) is 35.2. The highest BCUT2D eigenvalue weighted by Crippen LogP contribution is 2.67. The molecule has 4 fully saturated rings. The number of hydrogen-bond donors (Lipinski definition) is 1. The molecular weight excluding hydrogens is 624 g/mol. The van der Waals surface area contributed by atoms with Crippen LogP contribution in [0.15, 0.2) is 21.3 Å². The Kier molecular flexibility index (Phi) is 6.38. The molecule has 2 saturated carbocycles. The van der Waals surface area contributed by atoms with E-state index in [1.807, 2.05) is 0 Å². The van der Waals surface area contributed by atoms with Crippen LogP contribution < -0.4 is 10.4 Å². The monoisotopic (exact) mass is 666 g/mol. The fourth-order valence-electron chi connectivity index (χ4n) is 9.01. The van der Waals surface area contributed by atoms with Crippen LogP contribution >= 0.6 is 0 Å². The van der Waals surface area contributed by atoms with Crippen molar-refractivity contribution < 1.29 is 52.4 Å². The number of carbonyl (C=O) groups is 4. The fraction of sp³-hybridized carbons (Fsp3) is 0.639. The van der Waals surface area contributed by atoms with Gasteiger partial charge in [-0.1, -0.05) is 27.7 Å². The van der Waals surface area contributed by atoms with Crippen molar-refractivity contribution in [1.29, 1.82) is 0 Å². The van der Waals surface area contributed by atoms with Crippen LogP contribution in [0.4, 0.5) is 0 Å². The first-order valence-electron chi connectivity index (χ1n) is 16.4. The van der Waals surface area contributed by atoms with Crippen molar-refractivity contribution in [2.45, 2.75) is 124 Å². The second-order valence-electron chi connectivity index (χ2n) is 16.2. The number of esters is 4. The maximum atomic E-state index is 14.5. The lowest BCUT2D eigenvalue weighted by Crippen LogP contribution is -2.57. The molecule has 48 heavy (non-hydrogen) atoms. The predicted molar refractivity (Wildman–Crippen MR) is 166 cm³/mol. The molecule has 6 atom stereocenters. The van der Waals surface area contributed by atoms with Gasteiger partial charge < -0.3 is 33.2 Å². The van der Waals surface area contributed by atoms with Gasteiger partial charge in [-0.25, -0.2) is 14.4 Å². The lowest BCUT2D eigenvalue weighted by atomic mass is 9.66. The van der Waals surface area contributed by atoms with Crippen molar-refractivity contribution in [3.05, 3.63) is 39.2 Å². The van der Waals surface area contributed by atoms with E-state index >= 15 is 0 Å². The minimum atomic E-state index is -1.63. The molecule has 2 aliphatic carbocycles. The van der Waals surface area contributed by atoms with E-state index in [9.17, 15) is 29.1 Å². The maximum absolute atomic E-state index is 14.5. The molecule has 2 saturated heterocycles. The topological polar surface area (TPSA) is 165 Å². The molecule has 4 unspecified atom stereocenters. The van der Waals surface area contributed by atoms with E-state index in [1.165, 1.54) is 0 Å². The van der Waals surface area contributed by atoms with E-state index in [4.69, 9.17) is 28.1 Å². The summed E-state index contributed by atoms with van der Waals surface area (Å²) in [5.74, 6) is -2.41. The molecule has 5 aliphatic rings. The van der Waals surface area contributed by atoms with Gasteiger partial charge in [-0.3, -0.25) is 9.59 Å². The summed E-state index contributed by atoms with van der Waals surface area (Å²) in [6.45, 7) is 15.2. The van der Waals surface area contributed by atoms with Crippen molar-refractivity contribution in [1.82, 2.24) is 0 Å². The molecule has 1 aromatic carbocycles. The van der Waals surface area contributed by atoms with Gasteiger partial charge in [0.2, 0.25) is 11.2 Å².